The molecule has 0 aliphatic rings. The van der Waals surface area contributed by atoms with Gasteiger partial charge >= 0.3 is 0 Å². The summed E-state index contributed by atoms with van der Waals surface area (Å²) in [7, 11) is -4.11. The van der Waals surface area contributed by atoms with Gasteiger partial charge in [-0.2, -0.15) is 0 Å². The molecule has 0 aliphatic carbocycles. The summed E-state index contributed by atoms with van der Waals surface area (Å²) >= 11 is 0. The van der Waals surface area contributed by atoms with E-state index in [-0.39, 0.29) is 17.1 Å². The normalized spacial score (nSPS) is 11.3. The number of aromatic nitrogens is 2. The van der Waals surface area contributed by atoms with Gasteiger partial charge in [0.15, 0.2) is 0 Å². The van der Waals surface area contributed by atoms with Crippen molar-refractivity contribution in [3.63, 3.8) is 0 Å². The van der Waals surface area contributed by atoms with E-state index >= 15 is 0 Å². The molecule has 0 aliphatic heterocycles. The van der Waals surface area contributed by atoms with Crippen molar-refractivity contribution in [2.75, 3.05) is 4.72 Å². The number of hydrogen-bond donors (Lipinski definition) is 2. The van der Waals surface area contributed by atoms with Gasteiger partial charge in [-0.05, 0) is 24.6 Å². The van der Waals surface area contributed by atoms with E-state index in [2.05, 4.69) is 14.7 Å². The fourth-order valence-electron chi connectivity index (χ4n) is 1.39. The maximum absolute atomic E-state index is 13.6. The number of nitrogens with zero attached hydrogens (tertiary/aromatic N) is 2. The molecule has 2 rings (SSSR count). The summed E-state index contributed by atoms with van der Waals surface area (Å²) in [5.74, 6) is -1.32. The summed E-state index contributed by atoms with van der Waals surface area (Å²) in [6.07, 6.45) is 2.51. The van der Waals surface area contributed by atoms with Crippen LogP contribution in [0.1, 0.15) is 5.56 Å². The lowest BCUT2D eigenvalue weighted by Crippen LogP contribution is -2.15. The highest BCUT2D eigenvalue weighted by Crippen LogP contribution is 2.25. The van der Waals surface area contributed by atoms with Crippen LogP contribution < -0.4 is 4.72 Å². The number of phenolic OH excluding ortho intramolecular Hbond substituents is 1. The van der Waals surface area contributed by atoms with E-state index in [1.807, 2.05) is 0 Å². The van der Waals surface area contributed by atoms with Crippen molar-refractivity contribution in [2.45, 2.75) is 11.8 Å². The number of sulfonamides is 1. The largest absolute Gasteiger partial charge is 0.508 e. The van der Waals surface area contributed by atoms with E-state index in [1.54, 1.807) is 0 Å². The number of benzene rings is 1. The molecule has 0 unspecified atom stereocenters. The van der Waals surface area contributed by atoms with Crippen molar-refractivity contribution in [2.24, 2.45) is 0 Å². The zero-order valence-corrected chi connectivity index (χ0v) is 10.6. The molecule has 8 heteroatoms. The number of aromatic hydroxyl groups is 1. The van der Waals surface area contributed by atoms with Crippen LogP contribution in [-0.2, 0) is 10.0 Å². The molecule has 0 atom stereocenters. The van der Waals surface area contributed by atoms with Crippen molar-refractivity contribution in [1.29, 1.82) is 0 Å². The van der Waals surface area contributed by atoms with Crippen molar-refractivity contribution in [1.82, 2.24) is 9.97 Å². The average Bonchev–Trinajstić information content (AvgIpc) is 2.34. The Morgan fingerprint density at radius 1 is 1.37 bits per heavy atom. The second-order valence-electron chi connectivity index (χ2n) is 3.77. The molecule has 6 nitrogen and oxygen atoms in total. The van der Waals surface area contributed by atoms with Crippen LogP contribution >= 0.6 is 0 Å². The van der Waals surface area contributed by atoms with E-state index in [9.17, 15) is 17.9 Å². The fraction of sp³-hybridized carbons (Fsp3) is 0.0909. The molecular weight excluding hydrogens is 273 g/mol. The van der Waals surface area contributed by atoms with Crippen LogP contribution in [-0.4, -0.2) is 23.5 Å². The third-order valence-electron chi connectivity index (χ3n) is 2.36. The average molecular weight is 283 g/mol. The summed E-state index contributed by atoms with van der Waals surface area (Å²) in [5.41, 5.74) is 0.254. The molecule has 0 bridgehead atoms. The highest BCUT2D eigenvalue weighted by atomic mass is 32.2. The monoisotopic (exact) mass is 283 g/mol. The van der Waals surface area contributed by atoms with E-state index in [1.165, 1.54) is 19.2 Å². The molecule has 0 radical (unpaired) electrons. The standard InChI is InChI=1S/C11H10FN3O3S/c1-7-4-10(8(12)5-9(7)16)19(17,18)15-11-2-3-13-6-14-11/h2-6,16H,1H3,(H,13,14,15). The summed E-state index contributed by atoms with van der Waals surface area (Å²) in [5, 5.41) is 9.30. The molecule has 0 spiro atoms. The van der Waals surface area contributed by atoms with Gasteiger partial charge in [-0.3, -0.25) is 4.72 Å². The SMILES string of the molecule is Cc1cc(S(=O)(=O)Nc2ccncn2)c(F)cc1O. The van der Waals surface area contributed by atoms with Gasteiger partial charge in [0, 0.05) is 12.3 Å². The van der Waals surface area contributed by atoms with Gasteiger partial charge in [0.25, 0.3) is 10.0 Å². The Balaban J connectivity index is 2.43. The van der Waals surface area contributed by atoms with E-state index < -0.39 is 20.7 Å². The molecule has 0 fully saturated rings. The Hall–Kier alpha value is -2.22. The zero-order valence-electron chi connectivity index (χ0n) is 9.83. The second-order valence-corrected chi connectivity index (χ2v) is 5.42. The molecule has 1 heterocycles. The molecule has 0 saturated carbocycles. The molecule has 0 saturated heterocycles. The quantitative estimate of drug-likeness (QED) is 0.889. The Kier molecular flexibility index (Phi) is 3.34. The number of anilines is 1. The van der Waals surface area contributed by atoms with Crippen LogP contribution in [0, 0.1) is 12.7 Å². The number of phenols is 1. The van der Waals surface area contributed by atoms with E-state index in [0.29, 0.717) is 0 Å². The molecule has 100 valence electrons. The first kappa shape index (κ1) is 13.2. The second kappa shape index (κ2) is 4.81. The third-order valence-corrected chi connectivity index (χ3v) is 3.73. The minimum absolute atomic E-state index is 0.0279. The summed E-state index contributed by atoms with van der Waals surface area (Å²) in [4.78, 5) is 6.77. The van der Waals surface area contributed by atoms with Crippen LogP contribution in [0.5, 0.6) is 5.75 Å². The lowest BCUT2D eigenvalue weighted by Gasteiger charge is -2.09. The van der Waals surface area contributed by atoms with Gasteiger partial charge in [0.05, 0.1) is 0 Å². The first-order valence-electron chi connectivity index (χ1n) is 5.18. The minimum atomic E-state index is -4.11. The predicted octanol–water partition coefficient (Wildman–Crippen LogP) is 1.43. The molecule has 2 N–H and O–H groups in total. The minimum Gasteiger partial charge on any atom is -0.508 e. The van der Waals surface area contributed by atoms with Gasteiger partial charge in [-0.1, -0.05) is 0 Å². The maximum Gasteiger partial charge on any atom is 0.265 e. The number of halogens is 1. The molecule has 0 amide bonds. The first-order valence-corrected chi connectivity index (χ1v) is 6.66. The smallest absolute Gasteiger partial charge is 0.265 e. The molecule has 1 aromatic carbocycles. The van der Waals surface area contributed by atoms with Gasteiger partial charge in [0.1, 0.15) is 28.6 Å². The summed E-state index contributed by atoms with van der Waals surface area (Å²) in [6.45, 7) is 1.47. The number of hydrogen-bond acceptors (Lipinski definition) is 5. The third kappa shape index (κ3) is 2.79. The van der Waals surface area contributed by atoms with Crippen LogP contribution in [0.2, 0.25) is 0 Å². The fourth-order valence-corrected chi connectivity index (χ4v) is 2.55. The Morgan fingerprint density at radius 3 is 2.74 bits per heavy atom. The van der Waals surface area contributed by atoms with Crippen LogP contribution in [0.4, 0.5) is 10.2 Å². The Morgan fingerprint density at radius 2 is 2.11 bits per heavy atom. The lowest BCUT2D eigenvalue weighted by molar-refractivity contribution is 0.461. The van der Waals surface area contributed by atoms with Crippen molar-refractivity contribution >= 4 is 15.8 Å². The van der Waals surface area contributed by atoms with Crippen LogP contribution in [0.15, 0.2) is 35.6 Å². The Bertz CT molecular complexity index is 705. The van der Waals surface area contributed by atoms with Gasteiger partial charge in [-0.25, -0.2) is 22.8 Å². The zero-order chi connectivity index (χ0) is 14.0. The van der Waals surface area contributed by atoms with Crippen LogP contribution in [0.25, 0.3) is 0 Å². The van der Waals surface area contributed by atoms with Crippen molar-refractivity contribution in [3.05, 3.63) is 42.1 Å². The van der Waals surface area contributed by atoms with Gasteiger partial charge in [-0.15, -0.1) is 0 Å². The topological polar surface area (TPSA) is 92.2 Å². The predicted molar refractivity (Wildman–Crippen MR) is 65.6 cm³/mol. The molecule has 19 heavy (non-hydrogen) atoms. The van der Waals surface area contributed by atoms with E-state index in [0.717, 1.165) is 18.5 Å². The molecule has 2 aromatic rings. The van der Waals surface area contributed by atoms with Crippen molar-refractivity contribution < 1.29 is 17.9 Å². The highest BCUT2D eigenvalue weighted by molar-refractivity contribution is 7.92. The van der Waals surface area contributed by atoms with Crippen LogP contribution in [0.3, 0.4) is 0 Å². The number of rotatable bonds is 3. The molecule has 1 aromatic heterocycles. The highest BCUT2D eigenvalue weighted by Gasteiger charge is 2.21. The number of aryl methyl sites for hydroxylation is 1. The maximum atomic E-state index is 13.6. The summed E-state index contributed by atoms with van der Waals surface area (Å²) < 4.78 is 39.7. The van der Waals surface area contributed by atoms with Gasteiger partial charge in [0.2, 0.25) is 0 Å². The molecular formula is C11H10FN3O3S. The van der Waals surface area contributed by atoms with Crippen molar-refractivity contribution in [3.8, 4) is 5.75 Å². The Labute approximate surface area is 109 Å². The van der Waals surface area contributed by atoms with Gasteiger partial charge < -0.3 is 5.11 Å². The first-order chi connectivity index (χ1) is 8.90. The van der Waals surface area contributed by atoms with E-state index in [4.69, 9.17) is 0 Å². The lowest BCUT2D eigenvalue weighted by atomic mass is 10.2. The summed E-state index contributed by atoms with van der Waals surface area (Å²) in [6, 6.07) is 3.14. The number of nitrogens with one attached hydrogen (secondary N) is 1.